The predicted octanol–water partition coefficient (Wildman–Crippen LogP) is 4.57. The highest BCUT2D eigenvalue weighted by Gasteiger charge is 2.36. The third kappa shape index (κ3) is 5.37. The van der Waals surface area contributed by atoms with Crippen LogP contribution < -0.4 is 10.2 Å². The Labute approximate surface area is 203 Å². The molecule has 0 unspecified atom stereocenters. The number of nitrogens with zero attached hydrogens (tertiary/aromatic N) is 4. The lowest BCUT2D eigenvalue weighted by atomic mass is 10.00. The molecule has 0 saturated heterocycles. The first-order valence-corrected chi connectivity index (χ1v) is 11.4. The van der Waals surface area contributed by atoms with Crippen molar-refractivity contribution >= 4 is 28.5 Å². The maximum absolute atomic E-state index is 15.1. The molecule has 1 aromatic heterocycles. The molecule has 4 rings (SSSR count). The number of carbonyl (C=O) groups is 2. The van der Waals surface area contributed by atoms with Gasteiger partial charge in [0.1, 0.15) is 23.9 Å². The second kappa shape index (κ2) is 9.66. The predicted molar refractivity (Wildman–Crippen MR) is 133 cm³/mol. The molecule has 8 heteroatoms. The summed E-state index contributed by atoms with van der Waals surface area (Å²) in [7, 11) is 0. The van der Waals surface area contributed by atoms with E-state index in [1.165, 1.54) is 21.7 Å². The number of fused-ring (bicyclic) bond motifs is 1. The Morgan fingerprint density at radius 2 is 1.66 bits per heavy atom. The second-order valence-electron chi connectivity index (χ2n) is 9.50. The quantitative estimate of drug-likeness (QED) is 0.445. The van der Waals surface area contributed by atoms with Gasteiger partial charge in [0, 0.05) is 16.8 Å². The molecule has 0 aliphatic carbocycles. The van der Waals surface area contributed by atoms with Crippen molar-refractivity contribution in [2.24, 2.45) is 0 Å². The Hall–Kier alpha value is -4.07. The average molecular weight is 474 g/mol. The summed E-state index contributed by atoms with van der Waals surface area (Å²) in [5, 5.41) is 11.2. The van der Waals surface area contributed by atoms with Gasteiger partial charge in [0.05, 0.1) is 5.52 Å². The second-order valence-corrected chi connectivity index (χ2v) is 9.50. The van der Waals surface area contributed by atoms with E-state index in [1.807, 2.05) is 58.0 Å². The van der Waals surface area contributed by atoms with Crippen LogP contribution in [-0.4, -0.2) is 32.3 Å². The molecule has 1 N–H and O–H groups in total. The lowest BCUT2D eigenvalue weighted by molar-refractivity contribution is -0.128. The summed E-state index contributed by atoms with van der Waals surface area (Å²) in [4.78, 5) is 28.8. The van der Waals surface area contributed by atoms with E-state index >= 15 is 4.39 Å². The third-order valence-electron chi connectivity index (χ3n) is 5.49. The van der Waals surface area contributed by atoms with E-state index in [4.69, 9.17) is 0 Å². The molecule has 4 aromatic rings. The Balaban J connectivity index is 1.83. The topological polar surface area (TPSA) is 80.1 Å². The number of benzene rings is 3. The first-order chi connectivity index (χ1) is 16.6. The molecule has 0 aliphatic heterocycles. The fourth-order valence-electron chi connectivity index (χ4n) is 3.91. The first-order valence-electron chi connectivity index (χ1n) is 11.4. The van der Waals surface area contributed by atoms with Crippen LogP contribution in [0.1, 0.15) is 37.9 Å². The number of halogens is 1. The zero-order chi connectivity index (χ0) is 25.2. The van der Waals surface area contributed by atoms with Crippen LogP contribution >= 0.6 is 0 Å². The summed E-state index contributed by atoms with van der Waals surface area (Å²) in [6.07, 6.45) is 0. The number of amides is 2. The lowest BCUT2D eigenvalue weighted by Gasteiger charge is -2.34. The maximum atomic E-state index is 15.1. The van der Waals surface area contributed by atoms with E-state index in [2.05, 4.69) is 15.6 Å². The standard InChI is InChI=1S/C27H28FN5O2/c1-18-13-15-19(16-14-18)33(24(34)17-32-23-12-8-7-11-22(23)30-31-32)25(26(35)29-27(2,3)4)20-9-5-6-10-21(20)28/h5-16,25H,17H2,1-4H3,(H,29,35)/t25-/m1/s1. The van der Waals surface area contributed by atoms with Crippen molar-refractivity contribution in [3.63, 3.8) is 0 Å². The van der Waals surface area contributed by atoms with Gasteiger partial charge < -0.3 is 5.32 Å². The molecule has 2 amide bonds. The minimum atomic E-state index is -1.24. The molecule has 0 fully saturated rings. The Morgan fingerprint density at radius 1 is 1.00 bits per heavy atom. The van der Waals surface area contributed by atoms with E-state index < -0.39 is 29.2 Å². The number of para-hydroxylation sites is 1. The molecule has 0 saturated carbocycles. The van der Waals surface area contributed by atoms with Crippen molar-refractivity contribution in [1.29, 1.82) is 0 Å². The molecule has 1 atom stereocenters. The van der Waals surface area contributed by atoms with Gasteiger partial charge in [-0.15, -0.1) is 5.10 Å². The summed E-state index contributed by atoms with van der Waals surface area (Å²) < 4.78 is 16.6. The molecule has 1 heterocycles. The normalized spacial score (nSPS) is 12.4. The molecule has 0 aliphatic rings. The summed E-state index contributed by atoms with van der Waals surface area (Å²) in [6, 6.07) is 19.3. The molecule has 0 bridgehead atoms. The summed E-state index contributed by atoms with van der Waals surface area (Å²) in [6.45, 7) is 7.26. The number of nitrogens with one attached hydrogen (secondary N) is 1. The van der Waals surface area contributed by atoms with Gasteiger partial charge in [0.15, 0.2) is 0 Å². The van der Waals surface area contributed by atoms with Crippen molar-refractivity contribution in [2.45, 2.75) is 45.8 Å². The molecule has 0 spiro atoms. The van der Waals surface area contributed by atoms with Gasteiger partial charge >= 0.3 is 0 Å². The SMILES string of the molecule is Cc1ccc(N(C(=O)Cn2nnc3ccccc32)[C@@H](C(=O)NC(C)(C)C)c2ccccc2F)cc1. The molecule has 7 nitrogen and oxygen atoms in total. The number of rotatable bonds is 6. The zero-order valence-electron chi connectivity index (χ0n) is 20.2. The van der Waals surface area contributed by atoms with Crippen LogP contribution in [0, 0.1) is 12.7 Å². The van der Waals surface area contributed by atoms with Gasteiger partial charge in [-0.25, -0.2) is 9.07 Å². The highest BCUT2D eigenvalue weighted by molar-refractivity contribution is 6.01. The van der Waals surface area contributed by atoms with Crippen LogP contribution in [0.4, 0.5) is 10.1 Å². The Bertz CT molecular complexity index is 1360. The maximum Gasteiger partial charge on any atom is 0.249 e. The number of aromatic nitrogens is 3. The summed E-state index contributed by atoms with van der Waals surface area (Å²) >= 11 is 0. The van der Waals surface area contributed by atoms with Crippen molar-refractivity contribution < 1.29 is 14.0 Å². The Kier molecular flexibility index (Phi) is 6.64. The minimum Gasteiger partial charge on any atom is -0.349 e. The largest absolute Gasteiger partial charge is 0.349 e. The highest BCUT2D eigenvalue weighted by atomic mass is 19.1. The van der Waals surface area contributed by atoms with Crippen molar-refractivity contribution in [1.82, 2.24) is 20.3 Å². The fourth-order valence-corrected chi connectivity index (χ4v) is 3.91. The van der Waals surface area contributed by atoms with Crippen LogP contribution in [0.3, 0.4) is 0 Å². The summed E-state index contributed by atoms with van der Waals surface area (Å²) in [5.41, 5.74) is 2.31. The van der Waals surface area contributed by atoms with Crippen LogP contribution in [-0.2, 0) is 16.1 Å². The van der Waals surface area contributed by atoms with Crippen LogP contribution in [0.15, 0.2) is 72.8 Å². The molecular weight excluding hydrogens is 445 g/mol. The number of hydrogen-bond acceptors (Lipinski definition) is 4. The van der Waals surface area contributed by atoms with Gasteiger partial charge in [0.2, 0.25) is 11.8 Å². The number of carbonyl (C=O) groups excluding carboxylic acids is 2. The molecule has 3 aromatic carbocycles. The Morgan fingerprint density at radius 3 is 2.34 bits per heavy atom. The zero-order valence-corrected chi connectivity index (χ0v) is 20.2. The van der Waals surface area contributed by atoms with Gasteiger partial charge in [0.25, 0.3) is 0 Å². The molecule has 35 heavy (non-hydrogen) atoms. The monoisotopic (exact) mass is 473 g/mol. The molecular formula is C27H28FN5O2. The summed E-state index contributed by atoms with van der Waals surface area (Å²) in [5.74, 6) is -1.49. The van der Waals surface area contributed by atoms with Crippen LogP contribution in [0.25, 0.3) is 11.0 Å². The van der Waals surface area contributed by atoms with Gasteiger partial charge in [-0.3, -0.25) is 14.5 Å². The molecule has 180 valence electrons. The van der Waals surface area contributed by atoms with Crippen LogP contribution in [0.2, 0.25) is 0 Å². The van der Waals surface area contributed by atoms with Crippen molar-refractivity contribution in [3.8, 4) is 0 Å². The van der Waals surface area contributed by atoms with E-state index in [0.717, 1.165) is 5.56 Å². The van der Waals surface area contributed by atoms with Crippen LogP contribution in [0.5, 0.6) is 0 Å². The minimum absolute atomic E-state index is 0.103. The number of anilines is 1. The van der Waals surface area contributed by atoms with Gasteiger partial charge in [-0.2, -0.15) is 0 Å². The smallest absolute Gasteiger partial charge is 0.249 e. The van der Waals surface area contributed by atoms with E-state index in [1.54, 1.807) is 30.3 Å². The average Bonchev–Trinajstić information content (AvgIpc) is 3.20. The fraction of sp³-hybridized carbons (Fsp3) is 0.259. The van der Waals surface area contributed by atoms with E-state index in [9.17, 15) is 9.59 Å². The van der Waals surface area contributed by atoms with E-state index in [0.29, 0.717) is 16.7 Å². The van der Waals surface area contributed by atoms with Crippen molar-refractivity contribution in [2.75, 3.05) is 4.90 Å². The highest BCUT2D eigenvalue weighted by Crippen LogP contribution is 2.31. The first kappa shape index (κ1) is 24.1. The number of hydrogen-bond donors (Lipinski definition) is 1. The van der Waals surface area contributed by atoms with Crippen molar-refractivity contribution in [3.05, 3.63) is 89.7 Å². The third-order valence-corrected chi connectivity index (χ3v) is 5.49. The van der Waals surface area contributed by atoms with Gasteiger partial charge in [-0.1, -0.05) is 53.2 Å². The lowest BCUT2D eigenvalue weighted by Crippen LogP contribution is -2.50. The van der Waals surface area contributed by atoms with E-state index in [-0.39, 0.29) is 12.1 Å². The van der Waals surface area contributed by atoms with Gasteiger partial charge in [-0.05, 0) is 58.0 Å². The number of aryl methyl sites for hydroxylation is 1. The molecule has 0 radical (unpaired) electrons.